The van der Waals surface area contributed by atoms with Crippen LogP contribution < -0.4 is 10.6 Å². The first kappa shape index (κ1) is 23.7. The van der Waals surface area contributed by atoms with Crippen LogP contribution in [0.25, 0.3) is 6.08 Å². The number of hydrogen-bond acceptors (Lipinski definition) is 4. The molecule has 0 aromatic heterocycles. The van der Waals surface area contributed by atoms with E-state index < -0.39 is 5.92 Å². The van der Waals surface area contributed by atoms with Gasteiger partial charge in [0.05, 0.1) is 6.54 Å². The zero-order valence-corrected chi connectivity index (χ0v) is 19.3. The Morgan fingerprint density at radius 1 is 1.15 bits per heavy atom. The van der Waals surface area contributed by atoms with Gasteiger partial charge in [0, 0.05) is 69.8 Å². The van der Waals surface area contributed by atoms with Crippen molar-refractivity contribution in [2.24, 2.45) is 5.92 Å². The van der Waals surface area contributed by atoms with Crippen LogP contribution in [0.4, 0.5) is 14.5 Å². The lowest BCUT2D eigenvalue weighted by Gasteiger charge is -2.35. The van der Waals surface area contributed by atoms with Crippen molar-refractivity contribution in [1.29, 1.82) is 0 Å². The molecule has 0 atom stereocenters. The number of rotatable bonds is 6. The summed E-state index contributed by atoms with van der Waals surface area (Å²) in [5.41, 5.74) is 5.02. The second kappa shape index (κ2) is 10.2. The van der Waals surface area contributed by atoms with E-state index in [4.69, 9.17) is 0 Å². The van der Waals surface area contributed by atoms with Gasteiger partial charge in [-0.05, 0) is 42.9 Å². The molecule has 0 bridgehead atoms. The molecule has 1 aromatic rings. The van der Waals surface area contributed by atoms with Gasteiger partial charge in [-0.2, -0.15) is 0 Å². The minimum atomic E-state index is -2.59. The second-order valence-corrected chi connectivity index (χ2v) is 9.54. The lowest BCUT2D eigenvalue weighted by atomic mass is 9.84. The quantitative estimate of drug-likeness (QED) is 0.683. The number of carbonyl (C=O) groups is 2. The molecule has 0 spiro atoms. The lowest BCUT2D eigenvalue weighted by Crippen LogP contribution is -2.51. The number of benzene rings is 1. The van der Waals surface area contributed by atoms with E-state index in [1.54, 1.807) is 4.90 Å². The van der Waals surface area contributed by atoms with Gasteiger partial charge in [0.25, 0.3) is 0 Å². The first-order valence-electron chi connectivity index (χ1n) is 12.0. The minimum Gasteiger partial charge on any atom is -0.381 e. The second-order valence-electron chi connectivity index (χ2n) is 9.54. The smallest absolute Gasteiger partial charge is 0.248 e. The van der Waals surface area contributed by atoms with Crippen molar-refractivity contribution in [3.63, 3.8) is 0 Å². The minimum absolute atomic E-state index is 0.0134. The van der Waals surface area contributed by atoms with E-state index in [1.165, 1.54) is 22.4 Å². The molecule has 1 aliphatic carbocycles. The molecule has 180 valence electrons. The number of alkyl halides is 2. The van der Waals surface area contributed by atoms with Gasteiger partial charge in [0.1, 0.15) is 0 Å². The molecule has 2 heterocycles. The van der Waals surface area contributed by atoms with Crippen LogP contribution in [0, 0.1) is 12.8 Å². The molecule has 4 rings (SSSR count). The predicted octanol–water partition coefficient (Wildman–Crippen LogP) is 3.41. The summed E-state index contributed by atoms with van der Waals surface area (Å²) in [4.78, 5) is 28.9. The topological polar surface area (TPSA) is 64.7 Å². The maximum absolute atomic E-state index is 13.3. The highest BCUT2D eigenvalue weighted by Gasteiger charge is 2.35. The highest BCUT2D eigenvalue weighted by molar-refractivity contribution is 5.85. The molecule has 6 nitrogen and oxygen atoms in total. The average molecular weight is 461 g/mol. The van der Waals surface area contributed by atoms with E-state index in [0.29, 0.717) is 25.9 Å². The average Bonchev–Trinajstić information content (AvgIpc) is 2.81. The van der Waals surface area contributed by atoms with Gasteiger partial charge in [-0.3, -0.25) is 14.5 Å². The van der Waals surface area contributed by atoms with Crippen LogP contribution in [-0.4, -0.2) is 66.8 Å². The fourth-order valence-corrected chi connectivity index (χ4v) is 4.98. The van der Waals surface area contributed by atoms with Crippen molar-refractivity contribution in [1.82, 2.24) is 15.1 Å². The number of aryl methyl sites for hydroxylation is 1. The van der Waals surface area contributed by atoms with Gasteiger partial charge in [0.2, 0.25) is 17.7 Å². The van der Waals surface area contributed by atoms with Crippen LogP contribution in [0.5, 0.6) is 0 Å². The predicted molar refractivity (Wildman–Crippen MR) is 125 cm³/mol. The third kappa shape index (κ3) is 6.10. The van der Waals surface area contributed by atoms with Gasteiger partial charge in [-0.1, -0.05) is 18.2 Å². The lowest BCUT2D eigenvalue weighted by molar-refractivity contribution is -0.134. The number of amides is 2. The van der Waals surface area contributed by atoms with E-state index in [1.807, 2.05) is 0 Å². The van der Waals surface area contributed by atoms with Gasteiger partial charge in [0.15, 0.2) is 0 Å². The summed E-state index contributed by atoms with van der Waals surface area (Å²) in [6, 6.07) is 4.29. The monoisotopic (exact) mass is 460 g/mol. The Morgan fingerprint density at radius 3 is 2.61 bits per heavy atom. The van der Waals surface area contributed by atoms with Crippen molar-refractivity contribution in [2.45, 2.75) is 51.5 Å². The van der Waals surface area contributed by atoms with E-state index >= 15 is 0 Å². The van der Waals surface area contributed by atoms with Crippen LogP contribution in [0.2, 0.25) is 0 Å². The Labute approximate surface area is 194 Å². The number of piperazine rings is 1. The third-order valence-electron chi connectivity index (χ3n) is 7.14. The van der Waals surface area contributed by atoms with Crippen LogP contribution >= 0.6 is 0 Å². The zero-order valence-electron chi connectivity index (χ0n) is 19.3. The fourth-order valence-electron chi connectivity index (χ4n) is 4.98. The molecule has 2 amide bonds. The number of hydrogen-bond donors (Lipinski definition) is 2. The third-order valence-corrected chi connectivity index (χ3v) is 7.14. The molecular weight excluding hydrogens is 426 g/mol. The summed E-state index contributed by atoms with van der Waals surface area (Å²) in [5.74, 6) is -2.90. The van der Waals surface area contributed by atoms with Gasteiger partial charge >= 0.3 is 0 Å². The normalized spacial score (nSPS) is 20.8. The molecule has 8 heteroatoms. The molecule has 0 radical (unpaired) electrons. The Kier molecular flexibility index (Phi) is 7.32. The maximum atomic E-state index is 13.3. The highest BCUT2D eigenvalue weighted by atomic mass is 19.3. The van der Waals surface area contributed by atoms with Gasteiger partial charge < -0.3 is 15.5 Å². The number of fused-ring (bicyclic) bond motifs is 1. The first-order chi connectivity index (χ1) is 15.8. The molecule has 0 unspecified atom stereocenters. The van der Waals surface area contributed by atoms with E-state index in [2.05, 4.69) is 46.7 Å². The summed E-state index contributed by atoms with van der Waals surface area (Å²) in [5, 5.41) is 6.11. The summed E-state index contributed by atoms with van der Waals surface area (Å²) >= 11 is 0. The Hall–Kier alpha value is -2.48. The SMILES string of the molecule is Cc1ccc2c(c1CN1CCN(C(=O)CNC(=O)CC3CCC(F)(F)CC3)CC1)C=CCN2. The zero-order chi connectivity index (χ0) is 23.4. The number of nitrogens with zero attached hydrogens (tertiary/aromatic N) is 2. The molecule has 1 saturated heterocycles. The summed E-state index contributed by atoms with van der Waals surface area (Å²) in [6.07, 6.45) is 4.99. The summed E-state index contributed by atoms with van der Waals surface area (Å²) in [7, 11) is 0. The van der Waals surface area contributed by atoms with E-state index in [-0.39, 0.29) is 43.5 Å². The van der Waals surface area contributed by atoms with E-state index in [9.17, 15) is 18.4 Å². The molecule has 1 aromatic carbocycles. The number of nitrogens with one attached hydrogen (secondary N) is 2. The standard InChI is InChI=1S/C25H34F2N4O2/c1-18-4-5-22-20(3-2-10-28-22)21(18)17-30-11-13-31(14-12-30)24(33)16-29-23(32)15-19-6-8-25(26,27)9-7-19/h2-5,19,28H,6-17H2,1H3,(H,29,32). The van der Waals surface area contributed by atoms with Crippen LogP contribution in [0.3, 0.4) is 0 Å². The molecule has 33 heavy (non-hydrogen) atoms. The molecule has 2 N–H and O–H groups in total. The fraction of sp³-hybridized carbons (Fsp3) is 0.600. The molecule has 2 fully saturated rings. The number of halogens is 2. The van der Waals surface area contributed by atoms with Crippen molar-refractivity contribution in [3.05, 3.63) is 34.9 Å². The van der Waals surface area contributed by atoms with Crippen LogP contribution in [-0.2, 0) is 16.1 Å². The molecule has 2 aliphatic heterocycles. The number of anilines is 1. The molecule has 3 aliphatic rings. The van der Waals surface area contributed by atoms with Crippen LogP contribution in [0.15, 0.2) is 18.2 Å². The largest absolute Gasteiger partial charge is 0.381 e. The molecule has 1 saturated carbocycles. The summed E-state index contributed by atoms with van der Waals surface area (Å²) in [6.45, 7) is 6.65. The van der Waals surface area contributed by atoms with Crippen molar-refractivity contribution < 1.29 is 18.4 Å². The highest BCUT2D eigenvalue weighted by Crippen LogP contribution is 2.37. The number of carbonyl (C=O) groups excluding carboxylic acids is 2. The first-order valence-corrected chi connectivity index (χ1v) is 12.0. The van der Waals surface area contributed by atoms with Crippen molar-refractivity contribution in [3.8, 4) is 0 Å². The van der Waals surface area contributed by atoms with Crippen molar-refractivity contribution in [2.75, 3.05) is 44.6 Å². The van der Waals surface area contributed by atoms with Gasteiger partial charge in [-0.15, -0.1) is 0 Å². The molecular formula is C25H34F2N4O2. The Morgan fingerprint density at radius 2 is 1.88 bits per heavy atom. The van der Waals surface area contributed by atoms with E-state index in [0.717, 1.165) is 26.2 Å². The van der Waals surface area contributed by atoms with Crippen LogP contribution in [0.1, 0.15) is 48.8 Å². The van der Waals surface area contributed by atoms with Gasteiger partial charge in [-0.25, -0.2) is 8.78 Å². The Balaban J connectivity index is 1.20. The van der Waals surface area contributed by atoms with Crippen molar-refractivity contribution >= 4 is 23.6 Å². The maximum Gasteiger partial charge on any atom is 0.248 e. The Bertz CT molecular complexity index is 900. The summed E-state index contributed by atoms with van der Waals surface area (Å²) < 4.78 is 26.5.